The Morgan fingerprint density at radius 2 is 1.67 bits per heavy atom. The number of rotatable bonds is 6. The predicted octanol–water partition coefficient (Wildman–Crippen LogP) is 9.93. The number of imidazole rings is 1. The van der Waals surface area contributed by atoms with Crippen LogP contribution in [0.15, 0.2) is 88.0 Å². The highest BCUT2D eigenvalue weighted by Crippen LogP contribution is 2.75. The fourth-order valence-corrected chi connectivity index (χ4v) is 23.2. The van der Waals surface area contributed by atoms with E-state index >= 15 is 4.79 Å². The van der Waals surface area contributed by atoms with Crippen LogP contribution in [0.25, 0.3) is 0 Å². The Balaban J connectivity index is 1.07. The fraction of sp³-hybridized carbons (Fsp3) is 0.717. The van der Waals surface area contributed by atoms with Gasteiger partial charge in [-0.3, -0.25) is 9.79 Å². The molecule has 4 bridgehead atoms. The van der Waals surface area contributed by atoms with E-state index in [0.29, 0.717) is 30.2 Å². The van der Waals surface area contributed by atoms with Crippen LogP contribution in [0.4, 0.5) is 0 Å². The summed E-state index contributed by atoms with van der Waals surface area (Å²) in [6, 6.07) is 10.9. The van der Waals surface area contributed by atoms with Gasteiger partial charge in [-0.2, -0.15) is 0 Å². The van der Waals surface area contributed by atoms with Crippen molar-refractivity contribution in [1.29, 1.82) is 0 Å². The molecule has 0 unspecified atom stereocenters. The highest BCUT2D eigenvalue weighted by atomic mass is 33.1. The first kappa shape index (κ1) is 50.0. The zero-order chi connectivity index (χ0) is 50.1. The second kappa shape index (κ2) is 18.4. The molecule has 17 atom stereocenters. The van der Waals surface area contributed by atoms with E-state index in [9.17, 15) is 20.4 Å². The van der Waals surface area contributed by atoms with Crippen molar-refractivity contribution >= 4 is 33.3 Å². The Morgan fingerprint density at radius 1 is 0.903 bits per heavy atom. The third kappa shape index (κ3) is 7.63. The summed E-state index contributed by atoms with van der Waals surface area (Å²) in [4.78, 5) is 24.4. The smallest absolute Gasteiger partial charge is 0.185 e. The molecule has 1 aromatic heterocycles. The number of nitrogens with zero attached hydrogens (tertiary/aromatic N) is 3. The van der Waals surface area contributed by atoms with Gasteiger partial charge in [0.15, 0.2) is 11.7 Å². The van der Waals surface area contributed by atoms with Crippen molar-refractivity contribution in [3.63, 3.8) is 0 Å². The Hall–Kier alpha value is -2.87. The zero-order valence-corrected chi connectivity index (χ0v) is 45.1. The minimum atomic E-state index is -1.41. The van der Waals surface area contributed by atoms with Gasteiger partial charge >= 0.3 is 0 Å². The average molecular weight is 1020 g/mol. The van der Waals surface area contributed by atoms with Crippen LogP contribution >= 0.6 is 21.6 Å². The molecule has 2 heterocycles. The topological polar surface area (TPSA) is 180 Å². The molecule has 12 heteroatoms. The Morgan fingerprint density at radius 3 is 2.42 bits per heavy atom. The number of aromatic nitrogens is 2. The molecule has 390 valence electrons. The van der Waals surface area contributed by atoms with E-state index in [4.69, 9.17) is 16.5 Å². The normalized spacial score (nSPS) is 44.0. The summed E-state index contributed by atoms with van der Waals surface area (Å²) in [5, 5.41) is 51.8. The molecule has 72 heavy (non-hydrogen) atoms. The molecular weight excluding hydrogens is 935 g/mol. The minimum absolute atomic E-state index is 0.00885. The second-order valence-electron chi connectivity index (χ2n) is 26.4. The molecular formula is C60H83N5O5S2. The maximum atomic E-state index is 15.0. The highest BCUT2D eigenvalue weighted by molar-refractivity contribution is 8.76. The number of carbonyl (C=O) groups is 1. The summed E-state index contributed by atoms with van der Waals surface area (Å²) in [6.07, 6.45) is 23.1. The van der Waals surface area contributed by atoms with Gasteiger partial charge in [0.25, 0.3) is 0 Å². The van der Waals surface area contributed by atoms with Crippen molar-refractivity contribution < 1.29 is 25.2 Å². The van der Waals surface area contributed by atoms with Crippen molar-refractivity contribution in [3.8, 4) is 0 Å². The molecule has 8 N–H and O–H groups in total. The molecule has 9 aliphatic carbocycles. The molecule has 1 aromatic carbocycles. The van der Waals surface area contributed by atoms with E-state index in [2.05, 4.69) is 73.8 Å². The van der Waals surface area contributed by atoms with E-state index in [1.165, 1.54) is 50.5 Å². The van der Waals surface area contributed by atoms with Gasteiger partial charge in [0.05, 0.1) is 30.2 Å². The van der Waals surface area contributed by atoms with Crippen molar-refractivity contribution in [3.05, 3.63) is 88.6 Å². The molecule has 0 amide bonds. The number of fused-ring (bicyclic) bond motifs is 14. The first-order valence-corrected chi connectivity index (χ1v) is 30.7. The van der Waals surface area contributed by atoms with Gasteiger partial charge in [-0.1, -0.05) is 115 Å². The third-order valence-electron chi connectivity index (χ3n) is 22.5. The summed E-state index contributed by atoms with van der Waals surface area (Å²) < 4.78 is 2.35. The second-order valence-corrected chi connectivity index (χ2v) is 29.1. The molecule has 6 saturated carbocycles. The molecule has 10 nitrogen and oxygen atoms in total. The summed E-state index contributed by atoms with van der Waals surface area (Å²) in [7, 11) is 3.90. The number of allylic oxidation sites excluding steroid dienone is 3. The van der Waals surface area contributed by atoms with E-state index in [1.807, 2.05) is 40.2 Å². The average Bonchev–Trinajstić information content (AvgIpc) is 4.11. The monoisotopic (exact) mass is 1020 g/mol. The van der Waals surface area contributed by atoms with E-state index in [1.54, 1.807) is 22.3 Å². The van der Waals surface area contributed by atoms with Crippen LogP contribution in [0, 0.1) is 74.9 Å². The van der Waals surface area contributed by atoms with Crippen molar-refractivity contribution in [1.82, 2.24) is 9.55 Å². The van der Waals surface area contributed by atoms with E-state index < -0.39 is 40.7 Å². The first-order valence-electron chi connectivity index (χ1n) is 28.3. The van der Waals surface area contributed by atoms with E-state index in [0.717, 1.165) is 62.7 Å². The number of carbonyl (C=O) groups excluding carboxylic acids is 1. The number of hydrogen-bond donors (Lipinski definition) is 6. The van der Waals surface area contributed by atoms with Crippen molar-refractivity contribution in [2.75, 3.05) is 12.3 Å². The quantitative estimate of drug-likeness (QED) is 0.0706. The number of aliphatic hydroxyl groups excluding tert-OH is 3. The van der Waals surface area contributed by atoms with Crippen molar-refractivity contribution in [2.24, 2.45) is 91.4 Å². The first-order chi connectivity index (χ1) is 34.5. The van der Waals surface area contributed by atoms with Gasteiger partial charge in [-0.05, 0) is 166 Å². The SMILES string of the molecule is CC1(C)C[C@@H](n2ccnc2)CSS[C@H](CCc2ccccc2)[C@@H]2C[C@H]([C@@H]3C[C@@H]4CCCC5=C4[C@H](C1=C1CCCC4(CCCC4)[C@@H]51)[C@H]3O)[C@@]1(C)C[C@H](CN=C(N)N)[C@H]3C(=CC(=O)[C@@H]4C[C@@H](O)[C@@H](O)C[C@]34C)[C@]21O. The van der Waals surface area contributed by atoms with Gasteiger partial charge in [0.2, 0.25) is 0 Å². The summed E-state index contributed by atoms with van der Waals surface area (Å²) in [5.41, 5.74) is 18.3. The van der Waals surface area contributed by atoms with Gasteiger partial charge in [0.1, 0.15) is 0 Å². The molecule has 2 aromatic rings. The van der Waals surface area contributed by atoms with Crippen LogP contribution < -0.4 is 11.5 Å². The van der Waals surface area contributed by atoms with Gasteiger partial charge in [-0.15, -0.1) is 0 Å². The third-order valence-corrected chi connectivity index (χ3v) is 25.5. The molecule has 1 aliphatic heterocycles. The van der Waals surface area contributed by atoms with Crippen LogP contribution in [0.1, 0.15) is 148 Å². The number of benzene rings is 1. The highest BCUT2D eigenvalue weighted by Gasteiger charge is 2.74. The van der Waals surface area contributed by atoms with Crippen LogP contribution in [-0.4, -0.2) is 83.2 Å². The lowest BCUT2D eigenvalue weighted by molar-refractivity contribution is -0.172. The number of ketones is 1. The molecule has 12 rings (SSSR count). The predicted molar refractivity (Wildman–Crippen MR) is 288 cm³/mol. The Kier molecular flexibility index (Phi) is 12.8. The maximum Gasteiger partial charge on any atom is 0.185 e. The number of guanidine groups is 1. The maximum absolute atomic E-state index is 15.0. The van der Waals surface area contributed by atoms with Crippen LogP contribution in [0.5, 0.6) is 0 Å². The van der Waals surface area contributed by atoms with Crippen LogP contribution in [0.3, 0.4) is 0 Å². The number of aryl methyl sites for hydroxylation is 1. The number of aliphatic imine (C=N–C) groups is 1. The van der Waals surface area contributed by atoms with Gasteiger partial charge in [-0.25, -0.2) is 4.98 Å². The molecule has 1 saturated heterocycles. The Labute approximate surface area is 436 Å². The standard InChI is InChI=1S/C60H83N5O5S2/c1-56(2)29-37(65-23-22-63-33-65)32-71-72-48(18-17-34-12-6-5-7-13-34)43-25-41(40-24-35-14-10-15-38-49(35)50(54(40)69)53(56)39-16-11-21-59(52(38)39)19-8-9-20-59)58(4)28-36(31-64-55(61)62)51-44(60(43,58)70)27-45(66)42-26-46(67)47(68)30-57(42,51)3/h5-7,12-13,22-23,27,33,35-37,40-43,46-48,50-52,54,67-70H,8-11,14-21,24-26,28-32H2,1-4H3,(H4,61,62,64)/t35-,36+,37+,40-,41+,42-,43-,46+,47-,48+,50+,51-,52-,54-,57-,58+,60+/m0/s1. The zero-order valence-electron chi connectivity index (χ0n) is 43.4. The lowest BCUT2D eigenvalue weighted by atomic mass is 9.41. The molecule has 0 radical (unpaired) electrons. The van der Waals surface area contributed by atoms with E-state index in [-0.39, 0.29) is 76.8 Å². The lowest BCUT2D eigenvalue weighted by Crippen LogP contribution is -2.66. The number of hydrogen-bond acceptors (Lipinski definition) is 9. The van der Waals surface area contributed by atoms with Crippen molar-refractivity contribution in [2.45, 2.75) is 178 Å². The van der Waals surface area contributed by atoms with Gasteiger partial charge < -0.3 is 36.5 Å². The Bertz CT molecular complexity index is 2530. The number of aliphatic hydroxyl groups is 4. The largest absolute Gasteiger partial charge is 0.392 e. The fourth-order valence-electron chi connectivity index (χ4n) is 19.9. The van der Waals surface area contributed by atoms with Gasteiger partial charge in [0, 0.05) is 65.1 Å². The van der Waals surface area contributed by atoms with Crippen LogP contribution in [0.2, 0.25) is 0 Å². The lowest BCUT2D eigenvalue weighted by Gasteiger charge is -2.64. The van der Waals surface area contributed by atoms with Crippen LogP contribution in [-0.2, 0) is 11.2 Å². The number of nitrogens with two attached hydrogens (primary N) is 2. The summed E-state index contributed by atoms with van der Waals surface area (Å²) >= 11 is 0. The molecule has 1 spiro atoms. The molecule has 10 aliphatic rings. The summed E-state index contributed by atoms with van der Waals surface area (Å²) in [5.74, 6) is 0.321. The minimum Gasteiger partial charge on any atom is -0.392 e. The summed E-state index contributed by atoms with van der Waals surface area (Å²) in [6.45, 7) is 9.87. The molecule has 7 fully saturated rings.